The van der Waals surface area contributed by atoms with Crippen molar-refractivity contribution in [1.29, 1.82) is 0 Å². The van der Waals surface area contributed by atoms with Gasteiger partial charge in [0.25, 0.3) is 0 Å². The molecule has 0 aliphatic carbocycles. The van der Waals surface area contributed by atoms with Crippen LogP contribution in [0.1, 0.15) is 24.5 Å². The van der Waals surface area contributed by atoms with E-state index in [0.29, 0.717) is 26.1 Å². The predicted molar refractivity (Wildman–Crippen MR) is 102 cm³/mol. The Bertz CT molecular complexity index is 826. The summed E-state index contributed by atoms with van der Waals surface area (Å²) in [6.07, 6.45) is -3.92. The molecule has 3 rings (SSSR count). The molecule has 0 spiro atoms. The topological polar surface area (TPSA) is 38.8 Å². The van der Waals surface area contributed by atoms with Crippen LogP contribution in [0.3, 0.4) is 0 Å². The van der Waals surface area contributed by atoms with E-state index in [9.17, 15) is 18.0 Å². The minimum atomic E-state index is -4.45. The molecule has 4 nitrogen and oxygen atoms in total. The van der Waals surface area contributed by atoms with Gasteiger partial charge in [-0.25, -0.2) is 0 Å². The van der Waals surface area contributed by atoms with Crippen LogP contribution in [-0.2, 0) is 22.3 Å². The summed E-state index contributed by atoms with van der Waals surface area (Å²) in [4.78, 5) is 14.8. The molecule has 29 heavy (non-hydrogen) atoms. The third-order valence-corrected chi connectivity index (χ3v) is 5.07. The van der Waals surface area contributed by atoms with Gasteiger partial charge in [-0.15, -0.1) is 0 Å². The fourth-order valence-electron chi connectivity index (χ4n) is 3.55. The van der Waals surface area contributed by atoms with Gasteiger partial charge in [-0.05, 0) is 43.7 Å². The van der Waals surface area contributed by atoms with Crippen LogP contribution >= 0.6 is 0 Å². The standard InChI is InChI=1S/C22H24F3NO3/c1-2-28-20(27)21(11-12-26(15-21)14-17-7-4-3-5-8-17)16-29-19-10-6-9-18(13-19)22(23,24)25/h3-10,13H,2,11-12,14-16H2,1H3. The highest BCUT2D eigenvalue weighted by Crippen LogP contribution is 2.35. The number of hydrogen-bond acceptors (Lipinski definition) is 4. The Morgan fingerprint density at radius 1 is 1.14 bits per heavy atom. The average Bonchev–Trinajstić information content (AvgIpc) is 3.11. The maximum Gasteiger partial charge on any atom is 0.416 e. The monoisotopic (exact) mass is 407 g/mol. The molecule has 1 aliphatic rings. The Labute approximate surface area is 168 Å². The normalized spacial score (nSPS) is 19.9. The molecule has 1 fully saturated rings. The van der Waals surface area contributed by atoms with Crippen molar-refractivity contribution in [1.82, 2.24) is 4.90 Å². The van der Waals surface area contributed by atoms with Crippen molar-refractivity contribution in [3.63, 3.8) is 0 Å². The molecule has 2 aromatic rings. The second-order valence-corrected chi connectivity index (χ2v) is 7.26. The van der Waals surface area contributed by atoms with E-state index in [4.69, 9.17) is 9.47 Å². The first kappa shape index (κ1) is 21.2. The molecule has 0 amide bonds. The summed E-state index contributed by atoms with van der Waals surface area (Å²) in [5.41, 5.74) is -0.553. The van der Waals surface area contributed by atoms with Crippen molar-refractivity contribution in [2.45, 2.75) is 26.1 Å². The van der Waals surface area contributed by atoms with E-state index >= 15 is 0 Å². The highest BCUT2D eigenvalue weighted by molar-refractivity contribution is 5.78. The molecule has 7 heteroatoms. The Morgan fingerprint density at radius 3 is 2.59 bits per heavy atom. The van der Waals surface area contributed by atoms with Gasteiger partial charge in [0.2, 0.25) is 0 Å². The smallest absolute Gasteiger partial charge is 0.416 e. The van der Waals surface area contributed by atoms with Gasteiger partial charge in [-0.1, -0.05) is 36.4 Å². The van der Waals surface area contributed by atoms with E-state index in [2.05, 4.69) is 4.90 Å². The molecule has 0 bridgehead atoms. The van der Waals surface area contributed by atoms with Crippen molar-refractivity contribution in [2.24, 2.45) is 5.41 Å². The summed E-state index contributed by atoms with van der Waals surface area (Å²) < 4.78 is 49.7. The van der Waals surface area contributed by atoms with Gasteiger partial charge >= 0.3 is 12.1 Å². The zero-order chi connectivity index (χ0) is 20.9. The lowest BCUT2D eigenvalue weighted by Gasteiger charge is -2.27. The van der Waals surface area contributed by atoms with Crippen molar-refractivity contribution < 1.29 is 27.4 Å². The quantitative estimate of drug-likeness (QED) is 0.632. The molecule has 1 unspecified atom stereocenters. The summed E-state index contributed by atoms with van der Waals surface area (Å²) in [6.45, 7) is 3.74. The Kier molecular flexibility index (Phi) is 6.47. The second-order valence-electron chi connectivity index (χ2n) is 7.26. The molecule has 1 atom stereocenters. The highest BCUT2D eigenvalue weighted by atomic mass is 19.4. The number of halogens is 3. The zero-order valence-electron chi connectivity index (χ0n) is 16.2. The van der Waals surface area contributed by atoms with Crippen LogP contribution in [0, 0.1) is 5.41 Å². The number of hydrogen-bond donors (Lipinski definition) is 0. The predicted octanol–water partition coefficient (Wildman–Crippen LogP) is 4.54. The molecular formula is C22H24F3NO3. The first-order chi connectivity index (χ1) is 13.8. The molecule has 0 aromatic heterocycles. The molecule has 1 aliphatic heterocycles. The van der Waals surface area contributed by atoms with Gasteiger partial charge in [-0.3, -0.25) is 9.69 Å². The molecular weight excluding hydrogens is 383 g/mol. The third-order valence-electron chi connectivity index (χ3n) is 5.07. The highest BCUT2D eigenvalue weighted by Gasteiger charge is 2.47. The fourth-order valence-corrected chi connectivity index (χ4v) is 3.55. The van der Waals surface area contributed by atoms with Crippen LogP contribution in [0.4, 0.5) is 13.2 Å². The van der Waals surface area contributed by atoms with E-state index in [1.165, 1.54) is 12.1 Å². The van der Waals surface area contributed by atoms with E-state index in [1.807, 2.05) is 30.3 Å². The van der Waals surface area contributed by atoms with Crippen molar-refractivity contribution in [3.05, 3.63) is 65.7 Å². The maximum atomic E-state index is 12.9. The van der Waals surface area contributed by atoms with Gasteiger partial charge in [-0.2, -0.15) is 13.2 Å². The minimum absolute atomic E-state index is 0.0293. The van der Waals surface area contributed by atoms with Gasteiger partial charge < -0.3 is 9.47 Å². The van der Waals surface area contributed by atoms with E-state index in [-0.39, 0.29) is 24.9 Å². The summed E-state index contributed by atoms with van der Waals surface area (Å²) in [5, 5.41) is 0. The molecule has 1 saturated heterocycles. The largest absolute Gasteiger partial charge is 0.492 e. The number of nitrogens with zero attached hydrogens (tertiary/aromatic N) is 1. The van der Waals surface area contributed by atoms with E-state index < -0.39 is 17.2 Å². The zero-order valence-corrected chi connectivity index (χ0v) is 16.2. The number of ether oxygens (including phenoxy) is 2. The number of alkyl halides is 3. The van der Waals surface area contributed by atoms with Crippen LogP contribution in [0.15, 0.2) is 54.6 Å². The average molecular weight is 407 g/mol. The summed E-state index contributed by atoms with van der Waals surface area (Å²) in [7, 11) is 0. The van der Waals surface area contributed by atoms with Crippen molar-refractivity contribution in [3.8, 4) is 5.75 Å². The lowest BCUT2D eigenvalue weighted by atomic mass is 9.88. The van der Waals surface area contributed by atoms with Crippen LogP contribution in [0.2, 0.25) is 0 Å². The number of likely N-dealkylation sites (tertiary alicyclic amines) is 1. The van der Waals surface area contributed by atoms with Gasteiger partial charge in [0.15, 0.2) is 0 Å². The Hall–Kier alpha value is -2.54. The molecule has 1 heterocycles. The molecule has 0 radical (unpaired) electrons. The number of carbonyl (C=O) groups is 1. The summed E-state index contributed by atoms with van der Waals surface area (Å²) in [5.74, 6) is -0.285. The first-order valence-corrected chi connectivity index (χ1v) is 9.56. The van der Waals surface area contributed by atoms with Gasteiger partial charge in [0, 0.05) is 13.1 Å². The van der Waals surface area contributed by atoms with Gasteiger partial charge in [0.1, 0.15) is 17.8 Å². The Balaban J connectivity index is 1.72. The Morgan fingerprint density at radius 2 is 1.90 bits per heavy atom. The maximum absolute atomic E-state index is 12.9. The molecule has 0 N–H and O–H groups in total. The minimum Gasteiger partial charge on any atom is -0.492 e. The number of benzene rings is 2. The lowest BCUT2D eigenvalue weighted by molar-refractivity contribution is -0.156. The summed E-state index contributed by atoms with van der Waals surface area (Å²) >= 11 is 0. The van der Waals surface area contributed by atoms with Crippen LogP contribution < -0.4 is 4.74 Å². The van der Waals surface area contributed by atoms with Crippen molar-refractivity contribution >= 4 is 5.97 Å². The first-order valence-electron chi connectivity index (χ1n) is 9.56. The van der Waals surface area contributed by atoms with E-state index in [1.54, 1.807) is 6.92 Å². The lowest BCUT2D eigenvalue weighted by Crippen LogP contribution is -2.41. The number of esters is 1. The summed E-state index contributed by atoms with van der Waals surface area (Å²) in [6, 6.07) is 14.6. The van der Waals surface area contributed by atoms with Crippen LogP contribution in [0.25, 0.3) is 0 Å². The number of carbonyl (C=O) groups excluding carboxylic acids is 1. The number of rotatable bonds is 7. The fraction of sp³-hybridized carbons (Fsp3) is 0.409. The van der Waals surface area contributed by atoms with Crippen molar-refractivity contribution in [2.75, 3.05) is 26.3 Å². The molecule has 156 valence electrons. The van der Waals surface area contributed by atoms with Crippen LogP contribution in [-0.4, -0.2) is 37.2 Å². The third kappa shape index (κ3) is 5.29. The van der Waals surface area contributed by atoms with E-state index in [0.717, 1.165) is 17.7 Å². The molecule has 2 aromatic carbocycles. The van der Waals surface area contributed by atoms with Gasteiger partial charge in [0.05, 0.1) is 12.2 Å². The molecule has 0 saturated carbocycles. The van der Waals surface area contributed by atoms with Crippen LogP contribution in [0.5, 0.6) is 5.75 Å². The SMILES string of the molecule is CCOC(=O)C1(COc2cccc(C(F)(F)F)c2)CCN(Cc2ccccc2)C1. The second kappa shape index (κ2) is 8.86.